The number of hydrogen-bond acceptors (Lipinski definition) is 8. The van der Waals surface area contributed by atoms with Crippen LogP contribution in [0.2, 0.25) is 10.0 Å². The van der Waals surface area contributed by atoms with Crippen molar-refractivity contribution in [1.82, 2.24) is 4.57 Å². The number of halogens is 3. The van der Waals surface area contributed by atoms with Crippen LogP contribution in [0.1, 0.15) is 36.6 Å². The Bertz CT molecular complexity index is 1990. The van der Waals surface area contributed by atoms with Crippen LogP contribution in [0, 0.1) is 10.1 Å². The Hall–Kier alpha value is -3.77. The first-order chi connectivity index (χ1) is 20.6. The van der Waals surface area contributed by atoms with E-state index in [2.05, 4.69) is 20.9 Å². The summed E-state index contributed by atoms with van der Waals surface area (Å²) in [5.41, 5.74) is 1.44. The average molecular weight is 703 g/mol. The average Bonchev–Trinajstić information content (AvgIpc) is 3.26. The van der Waals surface area contributed by atoms with E-state index in [1.54, 1.807) is 68.4 Å². The number of benzene rings is 3. The molecule has 0 spiro atoms. The lowest BCUT2D eigenvalue weighted by Crippen LogP contribution is -2.40. The van der Waals surface area contributed by atoms with Crippen LogP contribution in [0.15, 0.2) is 86.2 Å². The molecule has 1 aliphatic rings. The van der Waals surface area contributed by atoms with Gasteiger partial charge in [0.25, 0.3) is 5.56 Å². The number of hydrogen-bond donors (Lipinski definition) is 0. The number of ether oxygens (including phenoxy) is 2. The SMILES string of the molecule is CCOC(=O)C1=C(C)N=c2s/c(=C\c3cc(Br)c(OCc4ccccc4Cl)c([N+](=O)[O-])c3)c(=O)n2[C@H]1c1ccccc1Cl. The third-order valence-electron chi connectivity index (χ3n) is 6.59. The Kier molecular flexibility index (Phi) is 9.16. The van der Waals surface area contributed by atoms with Gasteiger partial charge >= 0.3 is 11.7 Å². The van der Waals surface area contributed by atoms with Gasteiger partial charge in [-0.1, -0.05) is 70.9 Å². The molecule has 1 aromatic heterocycles. The molecule has 0 N–H and O–H groups in total. The lowest BCUT2D eigenvalue weighted by Gasteiger charge is -2.25. The van der Waals surface area contributed by atoms with Crippen molar-refractivity contribution in [2.75, 3.05) is 6.61 Å². The maximum absolute atomic E-state index is 13.9. The molecule has 9 nitrogen and oxygen atoms in total. The predicted octanol–water partition coefficient (Wildman–Crippen LogP) is 6.35. The highest BCUT2D eigenvalue weighted by Gasteiger charge is 2.34. The lowest BCUT2D eigenvalue weighted by atomic mass is 9.96. The Balaban J connectivity index is 1.62. The van der Waals surface area contributed by atoms with Gasteiger partial charge in [0.1, 0.15) is 12.6 Å². The molecule has 0 amide bonds. The van der Waals surface area contributed by atoms with E-state index >= 15 is 0 Å². The number of fused-ring (bicyclic) bond motifs is 1. The van der Waals surface area contributed by atoms with Crippen molar-refractivity contribution in [3.63, 3.8) is 0 Å². The first kappa shape index (κ1) is 30.7. The number of aromatic nitrogens is 1. The van der Waals surface area contributed by atoms with Crippen LogP contribution in [-0.2, 0) is 16.1 Å². The summed E-state index contributed by atoms with van der Waals surface area (Å²) in [5.74, 6) is -0.577. The van der Waals surface area contributed by atoms with Gasteiger partial charge < -0.3 is 9.47 Å². The first-order valence-corrected chi connectivity index (χ1v) is 15.3. The maximum atomic E-state index is 13.9. The molecule has 0 radical (unpaired) electrons. The van der Waals surface area contributed by atoms with E-state index in [9.17, 15) is 19.7 Å². The van der Waals surface area contributed by atoms with E-state index in [1.165, 1.54) is 16.7 Å². The smallest absolute Gasteiger partial charge is 0.338 e. The number of thiazole rings is 1. The molecule has 1 aliphatic heterocycles. The van der Waals surface area contributed by atoms with E-state index in [-0.39, 0.29) is 34.8 Å². The van der Waals surface area contributed by atoms with Gasteiger partial charge in [-0.15, -0.1) is 0 Å². The zero-order valence-electron chi connectivity index (χ0n) is 22.7. The summed E-state index contributed by atoms with van der Waals surface area (Å²) in [7, 11) is 0. The Morgan fingerprint density at radius 2 is 1.86 bits per heavy atom. The van der Waals surface area contributed by atoms with Gasteiger partial charge in [-0.3, -0.25) is 19.5 Å². The lowest BCUT2D eigenvalue weighted by molar-refractivity contribution is -0.386. The van der Waals surface area contributed by atoms with Crippen molar-refractivity contribution in [2.24, 2.45) is 4.99 Å². The van der Waals surface area contributed by atoms with Gasteiger partial charge in [0.2, 0.25) is 5.75 Å². The van der Waals surface area contributed by atoms with Crippen LogP contribution in [0.4, 0.5) is 5.69 Å². The van der Waals surface area contributed by atoms with Crippen molar-refractivity contribution < 1.29 is 19.2 Å². The molecule has 0 saturated carbocycles. The molecule has 0 fully saturated rings. The number of rotatable bonds is 8. The van der Waals surface area contributed by atoms with Crippen molar-refractivity contribution in [3.8, 4) is 5.75 Å². The van der Waals surface area contributed by atoms with Crippen LogP contribution in [0.25, 0.3) is 6.08 Å². The molecule has 1 atom stereocenters. The number of nitro groups is 1. The standard InChI is InChI=1S/C30H22BrCl2N3O6S/c1-3-41-29(38)25-16(2)34-30-35(26(25)19-9-5-7-11-22(19)33)28(37)24(43-30)14-17-12-20(31)27(23(13-17)36(39)40)42-15-18-8-4-6-10-21(18)32/h4-14,26H,3,15H2,1-2H3/b24-14-/t26-/m0/s1. The number of allylic oxidation sites excluding steroid dienone is 1. The third kappa shape index (κ3) is 6.16. The van der Waals surface area contributed by atoms with Crippen LogP contribution >= 0.6 is 50.5 Å². The summed E-state index contributed by atoms with van der Waals surface area (Å²) in [6, 6.07) is 16.0. The van der Waals surface area contributed by atoms with E-state index in [1.807, 2.05) is 0 Å². The fourth-order valence-corrected chi connectivity index (χ4v) is 6.72. The second kappa shape index (κ2) is 12.8. The molecule has 0 saturated heterocycles. The molecule has 3 aromatic carbocycles. The molecule has 5 rings (SSSR count). The van der Waals surface area contributed by atoms with Crippen molar-refractivity contribution in [3.05, 3.63) is 133 Å². The molecular formula is C30H22BrCl2N3O6S. The van der Waals surface area contributed by atoms with Crippen molar-refractivity contribution >= 4 is 68.2 Å². The topological polar surface area (TPSA) is 113 Å². The zero-order chi connectivity index (χ0) is 30.8. The summed E-state index contributed by atoms with van der Waals surface area (Å²) in [5, 5.41) is 12.9. The fraction of sp³-hybridized carbons (Fsp3) is 0.167. The normalized spacial score (nSPS) is 14.7. The number of nitrogens with zero attached hydrogens (tertiary/aromatic N) is 3. The Labute approximate surface area is 267 Å². The monoisotopic (exact) mass is 701 g/mol. The van der Waals surface area contributed by atoms with E-state index in [4.69, 9.17) is 32.7 Å². The van der Waals surface area contributed by atoms with Gasteiger partial charge in [-0.2, -0.15) is 0 Å². The maximum Gasteiger partial charge on any atom is 0.338 e. The zero-order valence-corrected chi connectivity index (χ0v) is 26.6. The molecule has 43 heavy (non-hydrogen) atoms. The minimum Gasteiger partial charge on any atom is -0.481 e. The highest BCUT2D eigenvalue weighted by atomic mass is 79.9. The second-order valence-electron chi connectivity index (χ2n) is 9.31. The number of carbonyl (C=O) groups excluding carboxylic acids is 1. The Morgan fingerprint density at radius 3 is 2.53 bits per heavy atom. The van der Waals surface area contributed by atoms with E-state index in [0.29, 0.717) is 41.7 Å². The molecule has 13 heteroatoms. The summed E-state index contributed by atoms with van der Waals surface area (Å²) < 4.78 is 13.1. The van der Waals surface area contributed by atoms with Crippen LogP contribution < -0.4 is 19.6 Å². The van der Waals surface area contributed by atoms with E-state index < -0.39 is 22.5 Å². The number of carbonyl (C=O) groups is 1. The third-order valence-corrected chi connectivity index (χ3v) is 8.87. The molecule has 0 aliphatic carbocycles. The summed E-state index contributed by atoms with van der Waals surface area (Å²) in [4.78, 5) is 43.3. The predicted molar refractivity (Wildman–Crippen MR) is 168 cm³/mol. The first-order valence-electron chi connectivity index (χ1n) is 12.9. The van der Waals surface area contributed by atoms with E-state index in [0.717, 1.165) is 11.3 Å². The number of nitro benzene ring substituents is 1. The second-order valence-corrected chi connectivity index (χ2v) is 12.0. The van der Waals surface area contributed by atoms with Crippen LogP contribution in [0.3, 0.4) is 0 Å². The van der Waals surface area contributed by atoms with Crippen molar-refractivity contribution in [1.29, 1.82) is 0 Å². The minimum atomic E-state index is -0.882. The molecule has 2 heterocycles. The quantitative estimate of drug-likeness (QED) is 0.120. The van der Waals surface area contributed by atoms with Crippen LogP contribution in [0.5, 0.6) is 5.75 Å². The van der Waals surface area contributed by atoms with Gasteiger partial charge in [-0.05, 0) is 65.2 Å². The van der Waals surface area contributed by atoms with Gasteiger partial charge in [0.05, 0.1) is 31.8 Å². The molecule has 4 aromatic rings. The van der Waals surface area contributed by atoms with Gasteiger partial charge in [-0.25, -0.2) is 9.79 Å². The number of esters is 1. The molecular weight excluding hydrogens is 681 g/mol. The Morgan fingerprint density at radius 1 is 1.16 bits per heavy atom. The molecule has 220 valence electrons. The molecule has 0 bridgehead atoms. The summed E-state index contributed by atoms with van der Waals surface area (Å²) >= 11 is 17.2. The highest BCUT2D eigenvalue weighted by molar-refractivity contribution is 9.10. The van der Waals surface area contributed by atoms with Gasteiger partial charge in [0.15, 0.2) is 4.80 Å². The van der Waals surface area contributed by atoms with Crippen LogP contribution in [-0.4, -0.2) is 22.1 Å². The fourth-order valence-electron chi connectivity index (χ4n) is 4.66. The van der Waals surface area contributed by atoms with Crippen molar-refractivity contribution in [2.45, 2.75) is 26.5 Å². The summed E-state index contributed by atoms with van der Waals surface area (Å²) in [6.45, 7) is 3.52. The largest absolute Gasteiger partial charge is 0.481 e. The van der Waals surface area contributed by atoms with Gasteiger partial charge in [0, 0.05) is 21.7 Å². The molecule has 0 unspecified atom stereocenters. The highest BCUT2D eigenvalue weighted by Crippen LogP contribution is 2.38. The minimum absolute atomic E-state index is 0.0151. The summed E-state index contributed by atoms with van der Waals surface area (Å²) in [6.07, 6.45) is 1.53.